The minimum absolute atomic E-state index is 0.401. The van der Waals surface area contributed by atoms with E-state index >= 15 is 0 Å². The van der Waals surface area contributed by atoms with E-state index in [1.807, 2.05) is 6.07 Å². The highest BCUT2D eigenvalue weighted by Gasteiger charge is 2.23. The fourth-order valence-electron chi connectivity index (χ4n) is 2.46. The van der Waals surface area contributed by atoms with Crippen molar-refractivity contribution in [2.45, 2.75) is 25.8 Å². The highest BCUT2D eigenvalue weighted by Crippen LogP contribution is 2.32. The van der Waals surface area contributed by atoms with E-state index in [9.17, 15) is 0 Å². The van der Waals surface area contributed by atoms with Gasteiger partial charge in [0.1, 0.15) is 0 Å². The van der Waals surface area contributed by atoms with E-state index < -0.39 is 0 Å². The summed E-state index contributed by atoms with van der Waals surface area (Å²) >= 11 is 5.90. The lowest BCUT2D eigenvalue weighted by atomic mass is 9.97. The minimum Gasteiger partial charge on any atom is -0.341 e. The maximum Gasteiger partial charge on any atom is 0.160 e. The lowest BCUT2D eigenvalue weighted by molar-refractivity contribution is 0.493. The first-order valence-corrected chi connectivity index (χ1v) is 5.94. The number of aromatic amines is 1. The Morgan fingerprint density at radius 2 is 2.38 bits per heavy atom. The maximum atomic E-state index is 5.90. The molecule has 0 fully saturated rings. The average Bonchev–Trinajstić information content (AvgIpc) is 2.66. The molecule has 84 valence electrons. The number of aromatic nitrogens is 3. The van der Waals surface area contributed by atoms with E-state index in [-0.39, 0.29) is 0 Å². The van der Waals surface area contributed by atoms with Gasteiger partial charge in [-0.1, -0.05) is 18.5 Å². The van der Waals surface area contributed by atoms with Crippen LogP contribution in [0.5, 0.6) is 0 Å². The Balaban J connectivity index is 2.27. The summed E-state index contributed by atoms with van der Waals surface area (Å²) in [7, 11) is 0. The summed E-state index contributed by atoms with van der Waals surface area (Å²) < 4.78 is 0. The summed E-state index contributed by atoms with van der Waals surface area (Å²) in [4.78, 5) is 3.34. The van der Waals surface area contributed by atoms with Crippen LogP contribution in [0.15, 0.2) is 6.07 Å². The Morgan fingerprint density at radius 3 is 3.19 bits per heavy atom. The van der Waals surface area contributed by atoms with Gasteiger partial charge in [0.2, 0.25) is 0 Å². The zero-order valence-corrected chi connectivity index (χ0v) is 9.80. The molecule has 0 saturated heterocycles. The molecule has 0 radical (unpaired) electrons. The Kier molecular flexibility index (Phi) is 2.33. The Bertz CT molecular complexity index is 534. The predicted molar refractivity (Wildman–Crippen MR) is 63.6 cm³/mol. The van der Waals surface area contributed by atoms with Gasteiger partial charge in [0, 0.05) is 30.1 Å². The van der Waals surface area contributed by atoms with Crippen molar-refractivity contribution in [3.05, 3.63) is 22.5 Å². The number of rotatable bonds is 1. The first-order chi connectivity index (χ1) is 7.79. The van der Waals surface area contributed by atoms with Gasteiger partial charge >= 0.3 is 0 Å². The Hall–Kier alpha value is -1.13. The largest absolute Gasteiger partial charge is 0.341 e. The van der Waals surface area contributed by atoms with Crippen molar-refractivity contribution < 1.29 is 0 Å². The van der Waals surface area contributed by atoms with Gasteiger partial charge in [-0.15, -0.1) is 10.2 Å². The third-order valence-electron chi connectivity index (χ3n) is 3.17. The lowest BCUT2D eigenvalue weighted by Crippen LogP contribution is -2.28. The van der Waals surface area contributed by atoms with E-state index in [0.29, 0.717) is 11.2 Å². The second-order valence-corrected chi connectivity index (χ2v) is 4.50. The van der Waals surface area contributed by atoms with Gasteiger partial charge < -0.3 is 10.3 Å². The number of nitrogens with zero attached hydrogens (tertiary/aromatic N) is 2. The van der Waals surface area contributed by atoms with Crippen molar-refractivity contribution in [2.75, 3.05) is 6.54 Å². The van der Waals surface area contributed by atoms with Crippen molar-refractivity contribution in [1.29, 1.82) is 0 Å². The van der Waals surface area contributed by atoms with Crippen LogP contribution in [0, 0.1) is 0 Å². The summed E-state index contributed by atoms with van der Waals surface area (Å²) in [6.45, 7) is 3.20. The number of hydrogen-bond acceptors (Lipinski definition) is 3. The van der Waals surface area contributed by atoms with Gasteiger partial charge in [0.25, 0.3) is 0 Å². The van der Waals surface area contributed by atoms with Crippen LogP contribution in [0.2, 0.25) is 5.15 Å². The fourth-order valence-corrected chi connectivity index (χ4v) is 2.60. The topological polar surface area (TPSA) is 53.6 Å². The van der Waals surface area contributed by atoms with Gasteiger partial charge in [-0.3, -0.25) is 0 Å². The zero-order valence-electron chi connectivity index (χ0n) is 9.05. The van der Waals surface area contributed by atoms with E-state index in [4.69, 9.17) is 11.6 Å². The first kappa shape index (κ1) is 10.1. The molecule has 0 aromatic carbocycles. The summed E-state index contributed by atoms with van der Waals surface area (Å²) in [6, 6.07) is 2.30. The van der Waals surface area contributed by atoms with Crippen molar-refractivity contribution in [2.24, 2.45) is 0 Å². The minimum atomic E-state index is 0.401. The molecule has 1 aliphatic rings. The molecule has 2 N–H and O–H groups in total. The van der Waals surface area contributed by atoms with E-state index in [1.54, 1.807) is 0 Å². The number of nitrogens with one attached hydrogen (secondary N) is 2. The molecule has 4 nitrogen and oxygen atoms in total. The van der Waals surface area contributed by atoms with Gasteiger partial charge in [-0.05, 0) is 18.1 Å². The van der Waals surface area contributed by atoms with Crippen LogP contribution in [-0.4, -0.2) is 21.7 Å². The molecule has 2 aromatic heterocycles. The van der Waals surface area contributed by atoms with Crippen LogP contribution in [0.25, 0.3) is 11.0 Å². The summed E-state index contributed by atoms with van der Waals surface area (Å²) in [5, 5.41) is 13.0. The van der Waals surface area contributed by atoms with Crippen molar-refractivity contribution in [1.82, 2.24) is 20.5 Å². The molecule has 1 atom stereocenters. The van der Waals surface area contributed by atoms with E-state index in [0.717, 1.165) is 30.4 Å². The predicted octanol–water partition coefficient (Wildman–Crippen LogP) is 2.21. The number of hydrogen-bond donors (Lipinski definition) is 2. The van der Waals surface area contributed by atoms with Crippen LogP contribution >= 0.6 is 11.6 Å². The standard InChI is InChI=1S/C11H13ClN4/c1-2-7-10-6-5-9(12)15-16-11(6)14-8(10)3-4-13-7/h5,7,13H,2-4H2,1H3,(H,14,16). The van der Waals surface area contributed by atoms with Crippen molar-refractivity contribution in [3.63, 3.8) is 0 Å². The molecule has 3 heterocycles. The van der Waals surface area contributed by atoms with E-state index in [1.165, 1.54) is 11.3 Å². The quantitative estimate of drug-likeness (QED) is 0.798. The molecule has 5 heteroatoms. The van der Waals surface area contributed by atoms with Gasteiger partial charge in [-0.25, -0.2) is 0 Å². The first-order valence-electron chi connectivity index (χ1n) is 5.56. The Morgan fingerprint density at radius 1 is 1.50 bits per heavy atom. The molecular formula is C11H13ClN4. The molecule has 1 aliphatic heterocycles. The van der Waals surface area contributed by atoms with Crippen molar-refractivity contribution >= 4 is 22.6 Å². The van der Waals surface area contributed by atoms with Crippen LogP contribution in [0.3, 0.4) is 0 Å². The maximum absolute atomic E-state index is 5.90. The highest BCUT2D eigenvalue weighted by atomic mass is 35.5. The number of halogens is 1. The summed E-state index contributed by atoms with van der Waals surface area (Å²) in [6.07, 6.45) is 2.08. The molecule has 0 spiro atoms. The molecule has 3 rings (SSSR count). The van der Waals surface area contributed by atoms with Crippen LogP contribution < -0.4 is 5.32 Å². The van der Waals surface area contributed by atoms with Crippen molar-refractivity contribution in [3.8, 4) is 0 Å². The molecule has 0 aliphatic carbocycles. The Labute approximate surface area is 98.4 Å². The molecular weight excluding hydrogens is 224 g/mol. The molecule has 16 heavy (non-hydrogen) atoms. The van der Waals surface area contributed by atoms with Crippen LogP contribution in [0.4, 0.5) is 0 Å². The number of H-pyrrole nitrogens is 1. The zero-order chi connectivity index (χ0) is 11.1. The number of fused-ring (bicyclic) bond motifs is 3. The summed E-state index contributed by atoms with van der Waals surface area (Å²) in [5.41, 5.74) is 3.44. The molecule has 0 bridgehead atoms. The summed E-state index contributed by atoms with van der Waals surface area (Å²) in [5.74, 6) is 0. The molecule has 2 aromatic rings. The lowest BCUT2D eigenvalue weighted by Gasteiger charge is -2.23. The van der Waals surface area contributed by atoms with Gasteiger partial charge in [0.15, 0.2) is 10.8 Å². The molecule has 0 saturated carbocycles. The van der Waals surface area contributed by atoms with E-state index in [2.05, 4.69) is 27.4 Å². The third kappa shape index (κ3) is 1.41. The normalized spacial score (nSPS) is 20.0. The second kappa shape index (κ2) is 3.71. The third-order valence-corrected chi connectivity index (χ3v) is 3.36. The van der Waals surface area contributed by atoms with Crippen LogP contribution in [0.1, 0.15) is 30.6 Å². The fraction of sp³-hybridized carbons (Fsp3) is 0.455. The monoisotopic (exact) mass is 236 g/mol. The van der Waals surface area contributed by atoms with Crippen LogP contribution in [-0.2, 0) is 6.42 Å². The second-order valence-electron chi connectivity index (χ2n) is 4.11. The van der Waals surface area contributed by atoms with Gasteiger partial charge in [0.05, 0.1) is 0 Å². The molecule has 0 amide bonds. The highest BCUT2D eigenvalue weighted by molar-refractivity contribution is 6.29. The molecule has 1 unspecified atom stereocenters. The SMILES string of the molecule is CCC1NCCc2[nH]c3nnc(Cl)cc3c21. The van der Waals surface area contributed by atoms with Gasteiger partial charge in [-0.2, -0.15) is 0 Å². The smallest absolute Gasteiger partial charge is 0.160 e. The average molecular weight is 237 g/mol.